The molecule has 5 rings (SSSR count). The lowest BCUT2D eigenvalue weighted by Gasteiger charge is -2.12. The van der Waals surface area contributed by atoms with Crippen molar-refractivity contribution in [2.75, 3.05) is 5.32 Å². The molecule has 0 aliphatic heterocycles. The SMILES string of the molecule is O=C(Nc1ccc(C(=O)/C=C/c2ccc(OCc3ccccc3)cc2)cc1)/C(=C/c1cccc(Cl)c1)NC(=O)c1ccccc1. The highest BCUT2D eigenvalue weighted by Gasteiger charge is 2.15. The fraction of sp³-hybridized carbons (Fsp3) is 0.0263. The number of ketones is 1. The summed E-state index contributed by atoms with van der Waals surface area (Å²) in [5.74, 6) is -0.408. The van der Waals surface area contributed by atoms with Crippen molar-refractivity contribution in [3.8, 4) is 5.75 Å². The second-order valence-electron chi connectivity index (χ2n) is 10.0. The van der Waals surface area contributed by atoms with Crippen LogP contribution in [-0.2, 0) is 11.4 Å². The van der Waals surface area contributed by atoms with Gasteiger partial charge in [0.15, 0.2) is 5.78 Å². The molecule has 5 aromatic rings. The molecule has 0 unspecified atom stereocenters. The molecule has 0 heterocycles. The second kappa shape index (κ2) is 15.1. The minimum Gasteiger partial charge on any atom is -0.489 e. The lowest BCUT2D eigenvalue weighted by atomic mass is 10.1. The lowest BCUT2D eigenvalue weighted by Crippen LogP contribution is -2.30. The van der Waals surface area contributed by atoms with Gasteiger partial charge in [-0.1, -0.05) is 90.5 Å². The molecule has 6 nitrogen and oxygen atoms in total. The first kappa shape index (κ1) is 30.7. The van der Waals surface area contributed by atoms with Gasteiger partial charge in [0.25, 0.3) is 11.8 Å². The zero-order chi connectivity index (χ0) is 31.4. The highest BCUT2D eigenvalue weighted by Crippen LogP contribution is 2.18. The number of carbonyl (C=O) groups is 3. The Labute approximate surface area is 266 Å². The van der Waals surface area contributed by atoms with Crippen molar-refractivity contribution in [3.63, 3.8) is 0 Å². The van der Waals surface area contributed by atoms with Crippen molar-refractivity contribution < 1.29 is 19.1 Å². The number of ether oxygens (including phenoxy) is 1. The van der Waals surface area contributed by atoms with Crippen molar-refractivity contribution in [2.45, 2.75) is 6.61 Å². The van der Waals surface area contributed by atoms with E-state index < -0.39 is 11.8 Å². The van der Waals surface area contributed by atoms with Crippen LogP contribution in [0, 0.1) is 0 Å². The summed E-state index contributed by atoms with van der Waals surface area (Å²) >= 11 is 6.12. The van der Waals surface area contributed by atoms with Crippen LogP contribution in [0.25, 0.3) is 12.2 Å². The predicted molar refractivity (Wildman–Crippen MR) is 179 cm³/mol. The normalized spacial score (nSPS) is 11.2. The Hall–Kier alpha value is -5.72. The highest BCUT2D eigenvalue weighted by atomic mass is 35.5. The van der Waals surface area contributed by atoms with Crippen LogP contribution in [0.4, 0.5) is 5.69 Å². The largest absolute Gasteiger partial charge is 0.489 e. The van der Waals surface area contributed by atoms with Gasteiger partial charge in [0, 0.05) is 21.8 Å². The molecule has 45 heavy (non-hydrogen) atoms. The Morgan fingerprint density at radius 1 is 0.689 bits per heavy atom. The number of benzene rings is 5. The Kier molecular flexibility index (Phi) is 10.3. The van der Waals surface area contributed by atoms with Crippen molar-refractivity contribution >= 4 is 47.0 Å². The summed E-state index contributed by atoms with van der Waals surface area (Å²) in [4.78, 5) is 38.9. The molecule has 0 atom stereocenters. The van der Waals surface area contributed by atoms with Crippen LogP contribution in [0.15, 0.2) is 145 Å². The average molecular weight is 613 g/mol. The number of nitrogens with one attached hydrogen (secondary N) is 2. The zero-order valence-electron chi connectivity index (χ0n) is 24.2. The van der Waals surface area contributed by atoms with E-state index in [0.717, 1.165) is 16.9 Å². The van der Waals surface area contributed by atoms with E-state index in [-0.39, 0.29) is 11.5 Å². The fourth-order valence-corrected chi connectivity index (χ4v) is 4.50. The van der Waals surface area contributed by atoms with Gasteiger partial charge in [-0.3, -0.25) is 14.4 Å². The molecule has 0 saturated heterocycles. The fourth-order valence-electron chi connectivity index (χ4n) is 4.31. The molecule has 0 spiro atoms. The Morgan fingerprint density at radius 3 is 2.07 bits per heavy atom. The average Bonchev–Trinajstić information content (AvgIpc) is 3.07. The molecule has 7 heteroatoms. The van der Waals surface area contributed by atoms with E-state index in [2.05, 4.69) is 10.6 Å². The molecular weight excluding hydrogens is 584 g/mol. The number of hydrogen-bond donors (Lipinski definition) is 2. The van der Waals surface area contributed by atoms with Gasteiger partial charge in [-0.15, -0.1) is 0 Å². The van der Waals surface area contributed by atoms with Gasteiger partial charge in [-0.2, -0.15) is 0 Å². The third-order valence-electron chi connectivity index (χ3n) is 6.67. The summed E-state index contributed by atoms with van der Waals surface area (Å²) in [5, 5.41) is 5.98. The molecule has 0 radical (unpaired) electrons. The molecule has 0 fully saturated rings. The molecule has 5 aromatic carbocycles. The van der Waals surface area contributed by atoms with Gasteiger partial charge in [0.1, 0.15) is 18.1 Å². The molecule has 222 valence electrons. The summed E-state index contributed by atoms with van der Waals surface area (Å²) in [6.45, 7) is 0.479. The maximum Gasteiger partial charge on any atom is 0.272 e. The first-order valence-electron chi connectivity index (χ1n) is 14.2. The smallest absolute Gasteiger partial charge is 0.272 e. The van der Waals surface area contributed by atoms with Crippen LogP contribution in [-0.4, -0.2) is 17.6 Å². The Balaban J connectivity index is 1.21. The van der Waals surface area contributed by atoms with Crippen LogP contribution in [0.2, 0.25) is 5.02 Å². The van der Waals surface area contributed by atoms with E-state index in [1.54, 1.807) is 91.0 Å². The first-order valence-corrected chi connectivity index (χ1v) is 14.5. The van der Waals surface area contributed by atoms with E-state index in [1.165, 1.54) is 6.08 Å². The summed E-state index contributed by atoms with van der Waals surface area (Å²) in [6.07, 6.45) is 4.78. The third kappa shape index (κ3) is 9.13. The van der Waals surface area contributed by atoms with Crippen LogP contribution in [0.3, 0.4) is 0 Å². The van der Waals surface area contributed by atoms with E-state index >= 15 is 0 Å². The van der Waals surface area contributed by atoms with E-state index in [0.29, 0.717) is 34.0 Å². The van der Waals surface area contributed by atoms with Crippen LogP contribution in [0.1, 0.15) is 37.4 Å². The molecule has 2 N–H and O–H groups in total. The molecular formula is C38H29ClN2O4. The van der Waals surface area contributed by atoms with E-state index in [9.17, 15) is 14.4 Å². The maximum absolute atomic E-state index is 13.3. The van der Waals surface area contributed by atoms with Crippen LogP contribution >= 0.6 is 11.6 Å². The van der Waals surface area contributed by atoms with Crippen LogP contribution < -0.4 is 15.4 Å². The summed E-state index contributed by atoms with van der Waals surface area (Å²) in [6, 6.07) is 39.5. The summed E-state index contributed by atoms with van der Waals surface area (Å²) < 4.78 is 5.82. The molecule has 0 aliphatic carbocycles. The van der Waals surface area contributed by atoms with Gasteiger partial charge < -0.3 is 15.4 Å². The van der Waals surface area contributed by atoms with Crippen molar-refractivity contribution in [2.24, 2.45) is 0 Å². The molecule has 0 bridgehead atoms. The van der Waals surface area contributed by atoms with Crippen molar-refractivity contribution in [3.05, 3.63) is 178 Å². The number of halogens is 1. The van der Waals surface area contributed by atoms with Gasteiger partial charge in [-0.05, 0) is 89.5 Å². The topological polar surface area (TPSA) is 84.5 Å². The van der Waals surface area contributed by atoms with Gasteiger partial charge in [-0.25, -0.2) is 0 Å². The lowest BCUT2D eigenvalue weighted by molar-refractivity contribution is -0.113. The molecule has 0 aliphatic rings. The first-order chi connectivity index (χ1) is 21.9. The number of allylic oxidation sites excluding steroid dienone is 1. The number of anilines is 1. The number of carbonyl (C=O) groups excluding carboxylic acids is 3. The van der Waals surface area contributed by atoms with Crippen molar-refractivity contribution in [1.82, 2.24) is 5.32 Å². The number of amides is 2. The molecule has 0 aromatic heterocycles. The van der Waals surface area contributed by atoms with Gasteiger partial charge in [0.2, 0.25) is 0 Å². The predicted octanol–water partition coefficient (Wildman–Crippen LogP) is 8.22. The molecule has 0 saturated carbocycles. The van der Waals surface area contributed by atoms with Gasteiger partial charge in [0.05, 0.1) is 0 Å². The molecule has 2 amide bonds. The standard InChI is InChI=1S/C38H29ClN2O4/c39-32-13-7-10-29(24-32)25-35(41-37(43)31-11-5-2-6-12-31)38(44)40-33-19-17-30(18-20-33)36(42)23-16-27-14-21-34(22-15-27)45-26-28-8-3-1-4-9-28/h1-25H,26H2,(H,40,44)(H,41,43)/b23-16+,35-25-. The minimum absolute atomic E-state index is 0.0330. The monoisotopic (exact) mass is 612 g/mol. The van der Waals surface area contributed by atoms with Gasteiger partial charge >= 0.3 is 0 Å². The number of rotatable bonds is 11. The van der Waals surface area contributed by atoms with E-state index in [4.69, 9.17) is 16.3 Å². The Morgan fingerprint density at radius 2 is 1.38 bits per heavy atom. The number of hydrogen-bond acceptors (Lipinski definition) is 4. The summed E-state index contributed by atoms with van der Waals surface area (Å²) in [7, 11) is 0. The quantitative estimate of drug-likeness (QED) is 0.116. The van der Waals surface area contributed by atoms with E-state index in [1.807, 2.05) is 54.6 Å². The van der Waals surface area contributed by atoms with Crippen molar-refractivity contribution in [1.29, 1.82) is 0 Å². The third-order valence-corrected chi connectivity index (χ3v) is 6.91. The summed E-state index contributed by atoms with van der Waals surface area (Å²) in [5.41, 5.74) is 3.94. The zero-order valence-corrected chi connectivity index (χ0v) is 24.9. The minimum atomic E-state index is -0.533. The Bertz CT molecular complexity index is 1830. The highest BCUT2D eigenvalue weighted by molar-refractivity contribution is 6.30. The maximum atomic E-state index is 13.3. The van der Waals surface area contributed by atoms with Crippen LogP contribution in [0.5, 0.6) is 5.75 Å². The second-order valence-corrected chi connectivity index (χ2v) is 10.4.